The summed E-state index contributed by atoms with van der Waals surface area (Å²) in [6.45, 7) is 4.40. The first-order chi connectivity index (χ1) is 8.63. The Morgan fingerprint density at radius 3 is 2.78 bits per heavy atom. The second-order valence-corrected chi connectivity index (χ2v) is 4.56. The molecule has 1 rings (SSSR count). The summed E-state index contributed by atoms with van der Waals surface area (Å²) in [6, 6.07) is 5.28. The van der Waals surface area contributed by atoms with Crippen LogP contribution in [0.4, 0.5) is 0 Å². The molecule has 3 nitrogen and oxygen atoms in total. The molecule has 4 heteroatoms. The molecule has 0 saturated carbocycles. The number of ether oxygens (including phenoxy) is 2. The fourth-order valence-electron chi connectivity index (χ4n) is 1.49. The lowest BCUT2D eigenvalue weighted by Gasteiger charge is -2.09. The van der Waals surface area contributed by atoms with E-state index in [0.717, 1.165) is 24.8 Å². The zero-order valence-electron chi connectivity index (χ0n) is 10.9. The molecule has 18 heavy (non-hydrogen) atoms. The molecule has 0 bridgehead atoms. The molecular weight excluding hydrogens is 252 g/mol. The van der Waals surface area contributed by atoms with Crippen LogP contribution in [0.2, 0.25) is 5.02 Å². The summed E-state index contributed by atoms with van der Waals surface area (Å²) in [6.07, 6.45) is 3.09. The number of esters is 1. The standard InChI is InChI=1S/C14H19ClO3/c1-3-4-5-8-17-14(16)10-18-13-7-6-12(15)9-11(13)2/h6-7,9H,3-5,8,10H2,1-2H3. The van der Waals surface area contributed by atoms with Crippen LogP contribution in [-0.2, 0) is 9.53 Å². The molecule has 0 saturated heterocycles. The van der Waals surface area contributed by atoms with E-state index in [1.807, 2.05) is 6.92 Å². The topological polar surface area (TPSA) is 35.5 Å². The van der Waals surface area contributed by atoms with Gasteiger partial charge >= 0.3 is 5.97 Å². The molecule has 0 N–H and O–H groups in total. The summed E-state index contributed by atoms with van der Waals surface area (Å²) in [4.78, 5) is 11.4. The Hall–Kier alpha value is -1.22. The molecule has 0 amide bonds. The Balaban J connectivity index is 2.29. The predicted octanol–water partition coefficient (Wildman–Crippen LogP) is 3.76. The minimum atomic E-state index is -0.333. The number of hydrogen-bond donors (Lipinski definition) is 0. The maximum atomic E-state index is 11.4. The average Bonchev–Trinajstić information content (AvgIpc) is 2.33. The molecule has 1 aromatic rings. The predicted molar refractivity (Wildman–Crippen MR) is 72.2 cm³/mol. The number of halogens is 1. The average molecular weight is 271 g/mol. The summed E-state index contributed by atoms with van der Waals surface area (Å²) >= 11 is 5.83. The van der Waals surface area contributed by atoms with Gasteiger partial charge in [-0.1, -0.05) is 31.4 Å². The van der Waals surface area contributed by atoms with Crippen molar-refractivity contribution >= 4 is 17.6 Å². The first-order valence-electron chi connectivity index (χ1n) is 6.18. The van der Waals surface area contributed by atoms with Gasteiger partial charge in [-0.2, -0.15) is 0 Å². The van der Waals surface area contributed by atoms with Crippen molar-refractivity contribution in [2.75, 3.05) is 13.2 Å². The summed E-state index contributed by atoms with van der Waals surface area (Å²) < 4.78 is 10.4. The van der Waals surface area contributed by atoms with Crippen molar-refractivity contribution in [1.29, 1.82) is 0 Å². The largest absolute Gasteiger partial charge is 0.482 e. The highest BCUT2D eigenvalue weighted by Crippen LogP contribution is 2.21. The Morgan fingerprint density at radius 2 is 2.11 bits per heavy atom. The Kier molecular flexibility index (Phi) is 6.58. The number of carbonyl (C=O) groups is 1. The molecule has 100 valence electrons. The van der Waals surface area contributed by atoms with Gasteiger partial charge in [-0.25, -0.2) is 4.79 Å². The van der Waals surface area contributed by atoms with Crippen LogP contribution in [-0.4, -0.2) is 19.2 Å². The van der Waals surface area contributed by atoms with Crippen LogP contribution in [0.3, 0.4) is 0 Å². The van der Waals surface area contributed by atoms with Crippen LogP contribution in [0.15, 0.2) is 18.2 Å². The lowest BCUT2D eigenvalue weighted by molar-refractivity contribution is -0.146. The van der Waals surface area contributed by atoms with Gasteiger partial charge in [0.15, 0.2) is 6.61 Å². The second-order valence-electron chi connectivity index (χ2n) is 4.13. The van der Waals surface area contributed by atoms with Crippen LogP contribution in [0.5, 0.6) is 5.75 Å². The fourth-order valence-corrected chi connectivity index (χ4v) is 1.72. The van der Waals surface area contributed by atoms with Gasteiger partial charge in [0.1, 0.15) is 5.75 Å². The van der Waals surface area contributed by atoms with Crippen molar-refractivity contribution in [3.63, 3.8) is 0 Å². The van der Waals surface area contributed by atoms with Crippen molar-refractivity contribution in [1.82, 2.24) is 0 Å². The van der Waals surface area contributed by atoms with E-state index < -0.39 is 0 Å². The van der Waals surface area contributed by atoms with E-state index in [2.05, 4.69) is 6.92 Å². The molecule has 0 unspecified atom stereocenters. The number of aryl methyl sites for hydroxylation is 1. The number of unbranched alkanes of at least 4 members (excludes halogenated alkanes) is 2. The van der Waals surface area contributed by atoms with Crippen LogP contribution in [0, 0.1) is 6.92 Å². The van der Waals surface area contributed by atoms with Crippen LogP contribution >= 0.6 is 11.6 Å². The van der Waals surface area contributed by atoms with E-state index in [1.54, 1.807) is 18.2 Å². The first kappa shape index (κ1) is 14.8. The molecule has 0 heterocycles. The molecule has 0 aliphatic carbocycles. The van der Waals surface area contributed by atoms with Crippen molar-refractivity contribution < 1.29 is 14.3 Å². The van der Waals surface area contributed by atoms with Gasteiger partial charge in [0.25, 0.3) is 0 Å². The number of benzene rings is 1. The molecule has 0 aromatic heterocycles. The number of rotatable bonds is 7. The summed E-state index contributed by atoms with van der Waals surface area (Å²) in [7, 11) is 0. The third-order valence-corrected chi connectivity index (χ3v) is 2.73. The highest BCUT2D eigenvalue weighted by Gasteiger charge is 2.06. The highest BCUT2D eigenvalue weighted by molar-refractivity contribution is 6.30. The van der Waals surface area contributed by atoms with Crippen LogP contribution in [0.1, 0.15) is 31.7 Å². The lowest BCUT2D eigenvalue weighted by atomic mass is 10.2. The van der Waals surface area contributed by atoms with E-state index >= 15 is 0 Å². The number of hydrogen-bond acceptors (Lipinski definition) is 3. The van der Waals surface area contributed by atoms with E-state index in [1.165, 1.54) is 0 Å². The third-order valence-electron chi connectivity index (χ3n) is 2.49. The van der Waals surface area contributed by atoms with Crippen molar-refractivity contribution in [3.8, 4) is 5.75 Å². The smallest absolute Gasteiger partial charge is 0.344 e. The van der Waals surface area contributed by atoms with E-state index in [9.17, 15) is 4.79 Å². The normalized spacial score (nSPS) is 10.2. The second kappa shape index (κ2) is 7.98. The Morgan fingerprint density at radius 1 is 1.33 bits per heavy atom. The molecular formula is C14H19ClO3. The van der Waals surface area contributed by atoms with Crippen molar-refractivity contribution in [2.24, 2.45) is 0 Å². The molecule has 0 radical (unpaired) electrons. The van der Waals surface area contributed by atoms with Gasteiger partial charge in [0, 0.05) is 5.02 Å². The van der Waals surface area contributed by atoms with Gasteiger partial charge in [0.2, 0.25) is 0 Å². The lowest BCUT2D eigenvalue weighted by Crippen LogP contribution is -2.15. The van der Waals surface area contributed by atoms with Gasteiger partial charge in [0.05, 0.1) is 6.61 Å². The van der Waals surface area contributed by atoms with E-state index in [4.69, 9.17) is 21.1 Å². The molecule has 0 fully saturated rings. The van der Waals surface area contributed by atoms with E-state index in [-0.39, 0.29) is 12.6 Å². The molecule has 1 aromatic carbocycles. The van der Waals surface area contributed by atoms with Gasteiger partial charge in [-0.3, -0.25) is 0 Å². The quantitative estimate of drug-likeness (QED) is 0.559. The van der Waals surface area contributed by atoms with Crippen molar-refractivity contribution in [2.45, 2.75) is 33.1 Å². The Labute approximate surface area is 113 Å². The van der Waals surface area contributed by atoms with Crippen LogP contribution in [0.25, 0.3) is 0 Å². The molecule has 0 atom stereocenters. The molecule has 0 spiro atoms. The minimum Gasteiger partial charge on any atom is -0.482 e. The van der Waals surface area contributed by atoms with Gasteiger partial charge in [-0.15, -0.1) is 0 Å². The van der Waals surface area contributed by atoms with Gasteiger partial charge < -0.3 is 9.47 Å². The van der Waals surface area contributed by atoms with Crippen LogP contribution < -0.4 is 4.74 Å². The first-order valence-corrected chi connectivity index (χ1v) is 6.56. The highest BCUT2D eigenvalue weighted by atomic mass is 35.5. The summed E-state index contributed by atoms with van der Waals surface area (Å²) in [5.74, 6) is 0.324. The maximum absolute atomic E-state index is 11.4. The Bertz CT molecular complexity index is 391. The summed E-state index contributed by atoms with van der Waals surface area (Å²) in [5.41, 5.74) is 0.904. The number of carbonyl (C=O) groups excluding carboxylic acids is 1. The minimum absolute atomic E-state index is 0.0609. The SMILES string of the molecule is CCCCCOC(=O)COc1ccc(Cl)cc1C. The molecule has 0 aliphatic heterocycles. The maximum Gasteiger partial charge on any atom is 0.344 e. The zero-order chi connectivity index (χ0) is 13.4. The third kappa shape index (κ3) is 5.41. The summed E-state index contributed by atoms with van der Waals surface area (Å²) in [5, 5.41) is 0.655. The van der Waals surface area contributed by atoms with Gasteiger partial charge in [-0.05, 0) is 37.1 Å². The monoisotopic (exact) mass is 270 g/mol. The zero-order valence-corrected chi connectivity index (χ0v) is 11.6. The molecule has 0 aliphatic rings. The van der Waals surface area contributed by atoms with E-state index in [0.29, 0.717) is 17.4 Å². The fraction of sp³-hybridized carbons (Fsp3) is 0.500. The van der Waals surface area contributed by atoms with Crippen molar-refractivity contribution in [3.05, 3.63) is 28.8 Å².